The molecule has 2 rings (SSSR count). The number of aromatic amines is 1. The largest absolute Gasteiger partial charge is 0.355 e. The van der Waals surface area contributed by atoms with Crippen LogP contribution in [0.3, 0.4) is 0 Å². The number of H-pyrrole nitrogens is 1. The topological polar surface area (TPSA) is 83.8 Å². The lowest BCUT2D eigenvalue weighted by atomic mass is 10.1. The van der Waals surface area contributed by atoms with Crippen molar-refractivity contribution >= 4 is 16.9 Å². The lowest BCUT2D eigenvalue weighted by Gasteiger charge is -2.14. The third kappa shape index (κ3) is 3.57. The summed E-state index contributed by atoms with van der Waals surface area (Å²) in [5.74, 6) is 1.03. The zero-order valence-electron chi connectivity index (χ0n) is 12.0. The molecule has 5 heteroatoms. The van der Waals surface area contributed by atoms with E-state index in [0.717, 1.165) is 29.7 Å². The molecule has 1 aromatic carbocycles. The predicted octanol–water partition coefficient (Wildman–Crippen LogP) is 1.59. The van der Waals surface area contributed by atoms with Gasteiger partial charge >= 0.3 is 0 Å². The average Bonchev–Trinajstić information content (AvgIpc) is 2.85. The maximum atomic E-state index is 11.7. The van der Waals surface area contributed by atoms with Crippen molar-refractivity contribution in [2.75, 3.05) is 6.54 Å². The normalized spacial score (nSPS) is 12.8. The van der Waals surface area contributed by atoms with Gasteiger partial charge in [-0.05, 0) is 24.5 Å². The highest BCUT2D eigenvalue weighted by molar-refractivity contribution is 5.81. The number of aromatic nitrogens is 2. The molecule has 0 saturated carbocycles. The molecule has 0 unspecified atom stereocenters. The van der Waals surface area contributed by atoms with Gasteiger partial charge < -0.3 is 16.0 Å². The van der Waals surface area contributed by atoms with Crippen molar-refractivity contribution in [2.24, 2.45) is 11.7 Å². The van der Waals surface area contributed by atoms with Crippen molar-refractivity contribution in [1.82, 2.24) is 15.3 Å². The number of para-hydroxylation sites is 2. The molecule has 0 aliphatic rings. The van der Waals surface area contributed by atoms with E-state index in [4.69, 9.17) is 5.73 Å². The zero-order valence-corrected chi connectivity index (χ0v) is 12.0. The first-order chi connectivity index (χ1) is 9.58. The van der Waals surface area contributed by atoms with E-state index in [2.05, 4.69) is 15.3 Å². The van der Waals surface area contributed by atoms with Crippen LogP contribution in [0.1, 0.15) is 26.1 Å². The predicted molar refractivity (Wildman–Crippen MR) is 80.2 cm³/mol. The van der Waals surface area contributed by atoms with E-state index >= 15 is 0 Å². The van der Waals surface area contributed by atoms with Crippen LogP contribution in [0.2, 0.25) is 0 Å². The zero-order chi connectivity index (χ0) is 14.5. The monoisotopic (exact) mass is 274 g/mol. The van der Waals surface area contributed by atoms with Crippen LogP contribution < -0.4 is 11.1 Å². The Morgan fingerprint density at radius 3 is 2.85 bits per heavy atom. The Hall–Kier alpha value is -1.88. The Labute approximate surface area is 119 Å². The number of nitrogens with zero attached hydrogens (tertiary/aromatic N) is 1. The molecule has 1 atom stereocenters. The number of hydrogen-bond donors (Lipinski definition) is 3. The molecule has 0 fully saturated rings. The molecular weight excluding hydrogens is 252 g/mol. The molecule has 20 heavy (non-hydrogen) atoms. The van der Waals surface area contributed by atoms with Gasteiger partial charge in [0.1, 0.15) is 5.82 Å². The summed E-state index contributed by atoms with van der Waals surface area (Å²) in [6.07, 6.45) is 1.66. The van der Waals surface area contributed by atoms with Crippen LogP contribution in [-0.2, 0) is 11.2 Å². The fourth-order valence-corrected chi connectivity index (χ4v) is 2.01. The summed E-state index contributed by atoms with van der Waals surface area (Å²) in [7, 11) is 0. The Morgan fingerprint density at radius 1 is 1.40 bits per heavy atom. The molecule has 0 radical (unpaired) electrons. The summed E-state index contributed by atoms with van der Waals surface area (Å²) in [5, 5.41) is 2.86. The van der Waals surface area contributed by atoms with Gasteiger partial charge in [0.05, 0.1) is 17.1 Å². The number of amides is 1. The van der Waals surface area contributed by atoms with Gasteiger partial charge in [0.15, 0.2) is 0 Å². The number of aryl methyl sites for hydroxylation is 1. The van der Waals surface area contributed by atoms with Crippen LogP contribution >= 0.6 is 0 Å². The van der Waals surface area contributed by atoms with E-state index in [1.54, 1.807) is 0 Å². The maximum Gasteiger partial charge on any atom is 0.237 e. The minimum absolute atomic E-state index is 0.0791. The van der Waals surface area contributed by atoms with E-state index < -0.39 is 6.04 Å². The van der Waals surface area contributed by atoms with E-state index in [9.17, 15) is 4.79 Å². The molecule has 0 spiro atoms. The Balaban J connectivity index is 1.77. The SMILES string of the molecule is CC(C)[C@H](N)C(=O)NCCCc1nc2ccccc2[nH]1. The second-order valence-electron chi connectivity index (χ2n) is 5.37. The van der Waals surface area contributed by atoms with Gasteiger partial charge in [-0.25, -0.2) is 4.98 Å². The van der Waals surface area contributed by atoms with Crippen LogP contribution in [0.5, 0.6) is 0 Å². The van der Waals surface area contributed by atoms with Gasteiger partial charge in [-0.3, -0.25) is 4.79 Å². The molecular formula is C15H22N4O. The van der Waals surface area contributed by atoms with Gasteiger partial charge in [-0.1, -0.05) is 26.0 Å². The fourth-order valence-electron chi connectivity index (χ4n) is 2.01. The number of carbonyl (C=O) groups excluding carboxylic acids is 1. The smallest absolute Gasteiger partial charge is 0.237 e. The number of carbonyl (C=O) groups is 1. The lowest BCUT2D eigenvalue weighted by molar-refractivity contribution is -0.123. The summed E-state index contributed by atoms with van der Waals surface area (Å²) in [6.45, 7) is 4.51. The number of imidazole rings is 1. The molecule has 0 saturated heterocycles. The second-order valence-corrected chi connectivity index (χ2v) is 5.37. The number of fused-ring (bicyclic) bond motifs is 1. The van der Waals surface area contributed by atoms with Crippen molar-refractivity contribution in [3.63, 3.8) is 0 Å². The fraction of sp³-hybridized carbons (Fsp3) is 0.467. The lowest BCUT2D eigenvalue weighted by Crippen LogP contribution is -2.44. The number of nitrogens with one attached hydrogen (secondary N) is 2. The first kappa shape index (κ1) is 14.5. The molecule has 1 aromatic heterocycles. The number of hydrogen-bond acceptors (Lipinski definition) is 3. The highest BCUT2D eigenvalue weighted by atomic mass is 16.2. The van der Waals surface area contributed by atoms with Gasteiger partial charge in [-0.2, -0.15) is 0 Å². The summed E-state index contributed by atoms with van der Waals surface area (Å²) in [6, 6.07) is 7.52. The number of nitrogens with two attached hydrogens (primary N) is 1. The van der Waals surface area contributed by atoms with E-state index in [1.165, 1.54) is 0 Å². The molecule has 0 aliphatic carbocycles. The Bertz CT molecular complexity index is 543. The molecule has 0 bridgehead atoms. The minimum Gasteiger partial charge on any atom is -0.355 e. The standard InChI is InChI=1S/C15H22N4O/c1-10(2)14(16)15(20)17-9-5-8-13-18-11-6-3-4-7-12(11)19-13/h3-4,6-7,10,14H,5,8-9,16H2,1-2H3,(H,17,20)(H,18,19)/t14-/m0/s1. The highest BCUT2D eigenvalue weighted by Gasteiger charge is 2.16. The second kappa shape index (κ2) is 6.52. The summed E-state index contributed by atoms with van der Waals surface area (Å²) < 4.78 is 0. The van der Waals surface area contributed by atoms with Crippen molar-refractivity contribution in [1.29, 1.82) is 0 Å². The average molecular weight is 274 g/mol. The first-order valence-corrected chi connectivity index (χ1v) is 7.05. The van der Waals surface area contributed by atoms with Crippen LogP contribution in [0, 0.1) is 5.92 Å². The summed E-state index contributed by atoms with van der Waals surface area (Å²) in [5.41, 5.74) is 7.80. The Kier molecular flexibility index (Phi) is 4.74. The molecule has 108 valence electrons. The number of rotatable bonds is 6. The summed E-state index contributed by atoms with van der Waals surface area (Å²) >= 11 is 0. The van der Waals surface area contributed by atoms with Crippen molar-refractivity contribution in [3.8, 4) is 0 Å². The van der Waals surface area contributed by atoms with Crippen LogP contribution in [-0.4, -0.2) is 28.5 Å². The minimum atomic E-state index is -0.429. The van der Waals surface area contributed by atoms with Gasteiger partial charge in [-0.15, -0.1) is 0 Å². The summed E-state index contributed by atoms with van der Waals surface area (Å²) in [4.78, 5) is 19.5. The molecule has 5 nitrogen and oxygen atoms in total. The van der Waals surface area contributed by atoms with Gasteiger partial charge in [0.2, 0.25) is 5.91 Å². The third-order valence-corrected chi connectivity index (χ3v) is 3.35. The number of benzene rings is 1. The Morgan fingerprint density at radius 2 is 2.15 bits per heavy atom. The first-order valence-electron chi connectivity index (χ1n) is 7.05. The molecule has 0 aliphatic heterocycles. The van der Waals surface area contributed by atoms with Gasteiger partial charge in [0.25, 0.3) is 0 Å². The molecule has 1 amide bonds. The molecule has 4 N–H and O–H groups in total. The van der Waals surface area contributed by atoms with Crippen molar-refractivity contribution < 1.29 is 4.79 Å². The van der Waals surface area contributed by atoms with E-state index in [0.29, 0.717) is 6.54 Å². The van der Waals surface area contributed by atoms with Crippen LogP contribution in [0.25, 0.3) is 11.0 Å². The third-order valence-electron chi connectivity index (χ3n) is 3.35. The van der Waals surface area contributed by atoms with Crippen LogP contribution in [0.15, 0.2) is 24.3 Å². The van der Waals surface area contributed by atoms with E-state index in [-0.39, 0.29) is 11.8 Å². The van der Waals surface area contributed by atoms with Crippen LogP contribution in [0.4, 0.5) is 0 Å². The molecule has 1 heterocycles. The maximum absolute atomic E-state index is 11.7. The van der Waals surface area contributed by atoms with Gasteiger partial charge in [0, 0.05) is 13.0 Å². The highest BCUT2D eigenvalue weighted by Crippen LogP contribution is 2.11. The van der Waals surface area contributed by atoms with E-state index in [1.807, 2.05) is 38.1 Å². The molecule has 2 aromatic rings. The van der Waals surface area contributed by atoms with Crippen molar-refractivity contribution in [3.05, 3.63) is 30.1 Å². The van der Waals surface area contributed by atoms with Crippen molar-refractivity contribution in [2.45, 2.75) is 32.7 Å². The quantitative estimate of drug-likeness (QED) is 0.699.